The van der Waals surface area contributed by atoms with Gasteiger partial charge in [0.25, 0.3) is 0 Å². The van der Waals surface area contributed by atoms with Crippen molar-refractivity contribution in [3.05, 3.63) is 0 Å². The molecule has 1 rings (SSSR count). The summed E-state index contributed by atoms with van der Waals surface area (Å²) in [4.78, 5) is 6.76. The van der Waals surface area contributed by atoms with Crippen LogP contribution in [0.4, 0.5) is 0 Å². The first-order valence-corrected chi connectivity index (χ1v) is 8.01. The molecule has 0 aromatic heterocycles. The van der Waals surface area contributed by atoms with Crippen LogP contribution in [-0.2, 0) is 4.74 Å². The molecule has 0 aliphatic carbocycles. The zero-order valence-electron chi connectivity index (χ0n) is 11.9. The van der Waals surface area contributed by atoms with Crippen molar-refractivity contribution in [2.24, 2.45) is 4.99 Å². The molecule has 0 bridgehead atoms. The Morgan fingerprint density at radius 3 is 3.00 bits per heavy atom. The molecule has 0 saturated carbocycles. The number of nitrogens with one attached hydrogen (secondary N) is 1. The third-order valence-electron chi connectivity index (χ3n) is 3.06. The number of rotatable bonds is 6. The van der Waals surface area contributed by atoms with Crippen molar-refractivity contribution in [2.75, 3.05) is 45.6 Å². The van der Waals surface area contributed by atoms with E-state index in [1.54, 1.807) is 0 Å². The van der Waals surface area contributed by atoms with Crippen LogP contribution in [0.1, 0.15) is 26.7 Å². The molecule has 1 unspecified atom stereocenters. The topological polar surface area (TPSA) is 36.9 Å². The van der Waals surface area contributed by atoms with Crippen molar-refractivity contribution in [1.82, 2.24) is 10.2 Å². The number of hydrogen-bond donors (Lipinski definition) is 1. The van der Waals surface area contributed by atoms with E-state index in [-0.39, 0.29) is 0 Å². The van der Waals surface area contributed by atoms with Gasteiger partial charge in [0.1, 0.15) is 0 Å². The SMILES string of the molecule is CCOCCCNC(=NC)N1CCSC(CC)C1. The van der Waals surface area contributed by atoms with Gasteiger partial charge in [-0.25, -0.2) is 0 Å². The number of guanidine groups is 1. The van der Waals surface area contributed by atoms with E-state index >= 15 is 0 Å². The molecule has 0 aromatic rings. The highest BCUT2D eigenvalue weighted by Crippen LogP contribution is 2.20. The molecule has 0 amide bonds. The van der Waals surface area contributed by atoms with Crippen LogP contribution in [0, 0.1) is 0 Å². The molecule has 1 N–H and O–H groups in total. The smallest absolute Gasteiger partial charge is 0.193 e. The minimum Gasteiger partial charge on any atom is -0.382 e. The first kappa shape index (κ1) is 15.6. The molecule has 0 radical (unpaired) electrons. The van der Waals surface area contributed by atoms with Gasteiger partial charge in [0.05, 0.1) is 0 Å². The standard InChI is InChI=1S/C13H27N3OS/c1-4-12-11-16(8-10-18-12)13(14-3)15-7-6-9-17-5-2/h12H,4-11H2,1-3H3,(H,14,15). The summed E-state index contributed by atoms with van der Waals surface area (Å²) < 4.78 is 5.33. The molecule has 5 heteroatoms. The molecule has 1 aliphatic rings. The van der Waals surface area contributed by atoms with E-state index in [1.807, 2.05) is 14.0 Å². The van der Waals surface area contributed by atoms with E-state index in [2.05, 4.69) is 33.9 Å². The van der Waals surface area contributed by atoms with E-state index < -0.39 is 0 Å². The summed E-state index contributed by atoms with van der Waals surface area (Å²) >= 11 is 2.09. The Morgan fingerprint density at radius 1 is 1.50 bits per heavy atom. The van der Waals surface area contributed by atoms with Gasteiger partial charge in [0, 0.05) is 50.9 Å². The zero-order chi connectivity index (χ0) is 13.2. The maximum atomic E-state index is 5.33. The highest BCUT2D eigenvalue weighted by atomic mass is 32.2. The molecule has 106 valence electrons. The summed E-state index contributed by atoms with van der Waals surface area (Å²) in [5.41, 5.74) is 0. The summed E-state index contributed by atoms with van der Waals surface area (Å²) in [7, 11) is 1.87. The van der Waals surface area contributed by atoms with Crippen LogP contribution >= 0.6 is 11.8 Å². The highest BCUT2D eigenvalue weighted by molar-refractivity contribution is 8.00. The molecule has 4 nitrogen and oxygen atoms in total. The van der Waals surface area contributed by atoms with Crippen LogP contribution in [0.2, 0.25) is 0 Å². The number of aliphatic imine (C=N–C) groups is 1. The second-order valence-electron chi connectivity index (χ2n) is 4.37. The highest BCUT2D eigenvalue weighted by Gasteiger charge is 2.20. The number of hydrogen-bond acceptors (Lipinski definition) is 3. The average Bonchev–Trinajstić information content (AvgIpc) is 2.43. The Hall–Kier alpha value is -0.420. The summed E-state index contributed by atoms with van der Waals surface area (Å²) in [5, 5.41) is 4.18. The molecule has 18 heavy (non-hydrogen) atoms. The fourth-order valence-electron chi connectivity index (χ4n) is 2.01. The predicted molar refractivity (Wildman–Crippen MR) is 80.6 cm³/mol. The van der Waals surface area contributed by atoms with Crippen LogP contribution < -0.4 is 5.32 Å². The fourth-order valence-corrected chi connectivity index (χ4v) is 3.19. The Bertz CT molecular complexity index is 248. The van der Waals surface area contributed by atoms with Gasteiger partial charge < -0.3 is 15.0 Å². The summed E-state index contributed by atoms with van der Waals surface area (Å²) in [5.74, 6) is 2.25. The Morgan fingerprint density at radius 2 is 2.33 bits per heavy atom. The van der Waals surface area contributed by atoms with Crippen LogP contribution in [0.3, 0.4) is 0 Å². The Kier molecular flexibility index (Phi) is 8.25. The monoisotopic (exact) mass is 273 g/mol. The van der Waals surface area contributed by atoms with Crippen LogP contribution in [-0.4, -0.2) is 61.8 Å². The minimum atomic E-state index is 0.751. The first-order chi connectivity index (χ1) is 8.81. The van der Waals surface area contributed by atoms with Gasteiger partial charge in [0.15, 0.2) is 5.96 Å². The van der Waals surface area contributed by atoms with E-state index in [4.69, 9.17) is 4.74 Å². The summed E-state index contributed by atoms with van der Waals surface area (Å²) in [6.07, 6.45) is 2.27. The van der Waals surface area contributed by atoms with Crippen molar-refractivity contribution in [3.8, 4) is 0 Å². The van der Waals surface area contributed by atoms with Crippen LogP contribution in [0.25, 0.3) is 0 Å². The molecule has 0 aromatic carbocycles. The lowest BCUT2D eigenvalue weighted by Crippen LogP contribution is -2.48. The predicted octanol–water partition coefficient (Wildman–Crippen LogP) is 1.82. The van der Waals surface area contributed by atoms with E-state index in [1.165, 1.54) is 12.2 Å². The largest absolute Gasteiger partial charge is 0.382 e. The van der Waals surface area contributed by atoms with Crippen LogP contribution in [0.15, 0.2) is 4.99 Å². The van der Waals surface area contributed by atoms with Gasteiger partial charge in [-0.1, -0.05) is 6.92 Å². The molecular formula is C13H27N3OS. The van der Waals surface area contributed by atoms with Gasteiger partial charge in [-0.05, 0) is 19.8 Å². The van der Waals surface area contributed by atoms with E-state index in [0.29, 0.717) is 0 Å². The molecule has 1 atom stereocenters. The number of thioether (sulfide) groups is 1. The Labute approximate surface area is 116 Å². The second kappa shape index (κ2) is 9.50. The molecule has 1 fully saturated rings. The third-order valence-corrected chi connectivity index (χ3v) is 4.43. The van der Waals surface area contributed by atoms with Crippen molar-refractivity contribution < 1.29 is 4.74 Å². The zero-order valence-corrected chi connectivity index (χ0v) is 12.8. The van der Waals surface area contributed by atoms with Gasteiger partial charge in [-0.2, -0.15) is 11.8 Å². The fraction of sp³-hybridized carbons (Fsp3) is 0.923. The number of nitrogens with zero attached hydrogens (tertiary/aromatic N) is 2. The van der Waals surface area contributed by atoms with Gasteiger partial charge in [-0.3, -0.25) is 4.99 Å². The quantitative estimate of drug-likeness (QED) is 0.455. The Balaban J connectivity index is 2.27. The number of ether oxygens (including phenoxy) is 1. The lowest BCUT2D eigenvalue weighted by molar-refractivity contribution is 0.145. The van der Waals surface area contributed by atoms with Crippen molar-refractivity contribution in [2.45, 2.75) is 31.9 Å². The maximum absolute atomic E-state index is 5.33. The molecule has 1 saturated heterocycles. The first-order valence-electron chi connectivity index (χ1n) is 6.96. The normalized spacial score (nSPS) is 21.2. The van der Waals surface area contributed by atoms with Crippen molar-refractivity contribution in [1.29, 1.82) is 0 Å². The summed E-state index contributed by atoms with van der Waals surface area (Å²) in [6, 6.07) is 0. The lowest BCUT2D eigenvalue weighted by atomic mass is 10.3. The molecule has 1 heterocycles. The maximum Gasteiger partial charge on any atom is 0.193 e. The molecule has 0 spiro atoms. The van der Waals surface area contributed by atoms with E-state index in [9.17, 15) is 0 Å². The second-order valence-corrected chi connectivity index (χ2v) is 5.78. The van der Waals surface area contributed by atoms with Crippen LogP contribution in [0.5, 0.6) is 0 Å². The lowest BCUT2D eigenvalue weighted by Gasteiger charge is -2.34. The van der Waals surface area contributed by atoms with Gasteiger partial charge >= 0.3 is 0 Å². The summed E-state index contributed by atoms with van der Waals surface area (Å²) in [6.45, 7) is 9.08. The van der Waals surface area contributed by atoms with Crippen molar-refractivity contribution in [3.63, 3.8) is 0 Å². The van der Waals surface area contributed by atoms with Crippen molar-refractivity contribution >= 4 is 17.7 Å². The third kappa shape index (κ3) is 5.48. The molecular weight excluding hydrogens is 246 g/mol. The molecule has 1 aliphatic heterocycles. The van der Waals surface area contributed by atoms with E-state index in [0.717, 1.165) is 50.5 Å². The average molecular weight is 273 g/mol. The van der Waals surface area contributed by atoms with Gasteiger partial charge in [0.2, 0.25) is 0 Å². The minimum absolute atomic E-state index is 0.751. The van der Waals surface area contributed by atoms with Gasteiger partial charge in [-0.15, -0.1) is 0 Å².